The molecule has 9 heteroatoms. The van der Waals surface area contributed by atoms with Crippen LogP contribution in [0.4, 0.5) is 10.5 Å². The number of nitrogens with zero attached hydrogens (tertiary/aromatic N) is 1. The number of amides is 2. The van der Waals surface area contributed by atoms with Crippen molar-refractivity contribution in [3.8, 4) is 0 Å². The molecule has 0 bridgehead atoms. The number of benzene rings is 2. The van der Waals surface area contributed by atoms with Crippen LogP contribution in [0.3, 0.4) is 0 Å². The van der Waals surface area contributed by atoms with Crippen LogP contribution >= 0.6 is 46.6 Å². The third kappa shape index (κ3) is 5.51. The lowest BCUT2D eigenvalue weighted by Crippen LogP contribution is -2.41. The molecule has 5 nitrogen and oxygen atoms in total. The van der Waals surface area contributed by atoms with Gasteiger partial charge in [0.15, 0.2) is 0 Å². The van der Waals surface area contributed by atoms with Crippen LogP contribution in [0.2, 0.25) is 15.1 Å². The molecular weight excluding hydrogens is 455 g/mol. The van der Waals surface area contributed by atoms with Crippen molar-refractivity contribution in [3.05, 3.63) is 63.1 Å². The van der Waals surface area contributed by atoms with Crippen molar-refractivity contribution in [1.29, 1.82) is 0 Å². The molecule has 0 saturated carbocycles. The second-order valence-corrected chi connectivity index (χ2v) is 8.75. The van der Waals surface area contributed by atoms with Gasteiger partial charge in [-0.3, -0.25) is 10.1 Å². The first-order valence-electron chi connectivity index (χ1n) is 8.96. The zero-order chi connectivity index (χ0) is 21.0. The summed E-state index contributed by atoms with van der Waals surface area (Å²) in [6.07, 6.45) is 0.0281. The maximum Gasteiger partial charge on any atom is 0.411 e. The SMILES string of the molecule is CC[C@H](COC(=O)Nc1ccc(Cl)c(Cl)c1)N1C(=O)CS[C@@H]1c1ccc(Cl)cc1. The van der Waals surface area contributed by atoms with Gasteiger partial charge in [0, 0.05) is 10.7 Å². The number of anilines is 1. The Morgan fingerprint density at radius 1 is 1.21 bits per heavy atom. The predicted octanol–water partition coefficient (Wildman–Crippen LogP) is 6.25. The summed E-state index contributed by atoms with van der Waals surface area (Å²) in [5, 5.41) is 3.86. The topological polar surface area (TPSA) is 58.6 Å². The Bertz CT molecular complexity index is 895. The molecule has 2 atom stereocenters. The van der Waals surface area contributed by atoms with Gasteiger partial charge < -0.3 is 9.64 Å². The molecule has 1 aliphatic heterocycles. The minimum absolute atomic E-state index is 0.0234. The Hall–Kier alpha value is -1.60. The number of ether oxygens (including phenoxy) is 1. The van der Waals surface area contributed by atoms with Crippen molar-refractivity contribution in [3.63, 3.8) is 0 Å². The Labute approximate surface area is 188 Å². The highest BCUT2D eigenvalue weighted by atomic mass is 35.5. The van der Waals surface area contributed by atoms with Gasteiger partial charge in [-0.25, -0.2) is 4.79 Å². The van der Waals surface area contributed by atoms with Gasteiger partial charge in [0.1, 0.15) is 12.0 Å². The Kier molecular flexibility index (Phi) is 7.57. The van der Waals surface area contributed by atoms with Gasteiger partial charge in [-0.2, -0.15) is 0 Å². The molecule has 29 heavy (non-hydrogen) atoms. The summed E-state index contributed by atoms with van der Waals surface area (Å²) >= 11 is 19.4. The van der Waals surface area contributed by atoms with Crippen LogP contribution in [0, 0.1) is 0 Å². The molecule has 2 aromatic carbocycles. The smallest absolute Gasteiger partial charge is 0.411 e. The Balaban J connectivity index is 1.64. The largest absolute Gasteiger partial charge is 0.447 e. The molecule has 2 aromatic rings. The number of carbonyl (C=O) groups is 2. The highest BCUT2D eigenvalue weighted by Gasteiger charge is 2.37. The van der Waals surface area contributed by atoms with E-state index in [1.807, 2.05) is 19.1 Å². The van der Waals surface area contributed by atoms with Crippen LogP contribution in [-0.2, 0) is 9.53 Å². The molecule has 0 unspecified atom stereocenters. The number of thioether (sulfide) groups is 1. The standard InChI is InChI=1S/C20H19Cl3N2O3S/c1-2-15(10-28-20(27)24-14-7-8-16(22)17(23)9-14)25-18(26)11-29-19(25)12-3-5-13(21)6-4-12/h3-9,15,19H,2,10-11H2,1H3,(H,24,27)/t15-,19-/m1/s1. The summed E-state index contributed by atoms with van der Waals surface area (Å²) in [5.41, 5.74) is 1.47. The second-order valence-electron chi connectivity index (χ2n) is 6.43. The third-order valence-electron chi connectivity index (χ3n) is 4.50. The fourth-order valence-corrected chi connectivity index (χ4v) is 4.68. The molecule has 0 aliphatic carbocycles. The number of nitrogens with one attached hydrogen (secondary N) is 1. The van der Waals surface area contributed by atoms with Crippen LogP contribution in [0.1, 0.15) is 24.3 Å². The Morgan fingerprint density at radius 2 is 1.93 bits per heavy atom. The van der Waals surface area contributed by atoms with Gasteiger partial charge in [-0.1, -0.05) is 53.9 Å². The van der Waals surface area contributed by atoms with Crippen molar-refractivity contribution in [2.24, 2.45) is 0 Å². The fourth-order valence-electron chi connectivity index (χ4n) is 3.01. The minimum Gasteiger partial charge on any atom is -0.447 e. The van der Waals surface area contributed by atoms with E-state index in [-0.39, 0.29) is 23.9 Å². The van der Waals surface area contributed by atoms with E-state index in [0.717, 1.165) is 5.56 Å². The van der Waals surface area contributed by atoms with Crippen molar-refractivity contribution in [2.75, 3.05) is 17.7 Å². The quantitative estimate of drug-likeness (QED) is 0.539. The normalized spacial score (nSPS) is 17.3. The monoisotopic (exact) mass is 472 g/mol. The lowest BCUT2D eigenvalue weighted by atomic mass is 10.1. The van der Waals surface area contributed by atoms with E-state index in [1.54, 1.807) is 47.0 Å². The highest BCUT2D eigenvalue weighted by molar-refractivity contribution is 8.00. The average molecular weight is 474 g/mol. The molecular formula is C20H19Cl3N2O3S. The molecule has 0 aromatic heterocycles. The summed E-state index contributed by atoms with van der Waals surface area (Å²) < 4.78 is 5.38. The molecule has 0 spiro atoms. The zero-order valence-corrected chi connectivity index (χ0v) is 18.6. The van der Waals surface area contributed by atoms with E-state index >= 15 is 0 Å². The molecule has 1 N–H and O–H groups in total. The molecule has 1 aliphatic rings. The molecule has 2 amide bonds. The number of hydrogen-bond acceptors (Lipinski definition) is 4. The number of carbonyl (C=O) groups excluding carboxylic acids is 2. The van der Waals surface area contributed by atoms with E-state index in [1.165, 1.54) is 0 Å². The third-order valence-corrected chi connectivity index (χ3v) is 6.72. The summed E-state index contributed by atoms with van der Waals surface area (Å²) in [4.78, 5) is 26.5. The summed E-state index contributed by atoms with van der Waals surface area (Å²) in [6, 6.07) is 12.0. The Morgan fingerprint density at radius 3 is 2.59 bits per heavy atom. The van der Waals surface area contributed by atoms with Gasteiger partial charge in [0.25, 0.3) is 0 Å². The second kappa shape index (κ2) is 9.94. The van der Waals surface area contributed by atoms with Crippen molar-refractivity contribution >= 4 is 64.3 Å². The van der Waals surface area contributed by atoms with E-state index < -0.39 is 6.09 Å². The summed E-state index contributed by atoms with van der Waals surface area (Å²) in [5.74, 6) is 0.412. The lowest BCUT2D eigenvalue weighted by molar-refractivity contribution is -0.131. The zero-order valence-electron chi connectivity index (χ0n) is 15.5. The first-order chi connectivity index (χ1) is 13.9. The average Bonchev–Trinajstić information content (AvgIpc) is 3.07. The van der Waals surface area contributed by atoms with E-state index in [9.17, 15) is 9.59 Å². The van der Waals surface area contributed by atoms with Crippen LogP contribution in [0.25, 0.3) is 0 Å². The molecule has 1 saturated heterocycles. The van der Waals surface area contributed by atoms with E-state index in [0.29, 0.717) is 32.9 Å². The molecule has 1 heterocycles. The van der Waals surface area contributed by atoms with Gasteiger partial charge in [-0.05, 0) is 42.3 Å². The number of halogens is 3. The fraction of sp³-hybridized carbons (Fsp3) is 0.300. The maximum atomic E-state index is 12.5. The molecule has 154 valence electrons. The molecule has 0 radical (unpaired) electrons. The van der Waals surface area contributed by atoms with Crippen molar-refractivity contribution in [1.82, 2.24) is 4.90 Å². The van der Waals surface area contributed by atoms with Gasteiger partial charge in [0.05, 0.1) is 21.8 Å². The first kappa shape index (κ1) is 22.1. The van der Waals surface area contributed by atoms with Crippen LogP contribution in [-0.4, -0.2) is 35.3 Å². The highest BCUT2D eigenvalue weighted by Crippen LogP contribution is 2.40. The van der Waals surface area contributed by atoms with Crippen molar-refractivity contribution in [2.45, 2.75) is 24.8 Å². The predicted molar refractivity (Wildman–Crippen MR) is 119 cm³/mol. The van der Waals surface area contributed by atoms with Crippen LogP contribution in [0.15, 0.2) is 42.5 Å². The number of hydrogen-bond donors (Lipinski definition) is 1. The van der Waals surface area contributed by atoms with E-state index in [4.69, 9.17) is 39.5 Å². The van der Waals surface area contributed by atoms with E-state index in [2.05, 4.69) is 5.32 Å². The van der Waals surface area contributed by atoms with Gasteiger partial charge in [0.2, 0.25) is 5.91 Å². The molecule has 3 rings (SSSR count). The summed E-state index contributed by atoms with van der Waals surface area (Å²) in [7, 11) is 0. The van der Waals surface area contributed by atoms with Gasteiger partial charge in [-0.15, -0.1) is 11.8 Å². The van der Waals surface area contributed by atoms with Gasteiger partial charge >= 0.3 is 6.09 Å². The van der Waals surface area contributed by atoms with Crippen molar-refractivity contribution < 1.29 is 14.3 Å². The maximum absolute atomic E-state index is 12.5. The van der Waals surface area contributed by atoms with Crippen LogP contribution < -0.4 is 5.32 Å². The summed E-state index contributed by atoms with van der Waals surface area (Å²) in [6.45, 7) is 2.04. The lowest BCUT2D eigenvalue weighted by Gasteiger charge is -2.32. The first-order valence-corrected chi connectivity index (χ1v) is 11.1. The molecule has 1 fully saturated rings. The van der Waals surface area contributed by atoms with Crippen LogP contribution in [0.5, 0.6) is 0 Å². The number of rotatable bonds is 6. The minimum atomic E-state index is -0.621.